The van der Waals surface area contributed by atoms with Crippen LogP contribution >= 0.6 is 12.6 Å². The van der Waals surface area contributed by atoms with Gasteiger partial charge in [-0.3, -0.25) is 10.1 Å². The van der Waals surface area contributed by atoms with E-state index in [1.165, 1.54) is 0 Å². The summed E-state index contributed by atoms with van der Waals surface area (Å²) in [5.41, 5.74) is 2.34. The minimum atomic E-state index is -0.600. The lowest BCUT2D eigenvalue weighted by molar-refractivity contribution is -0.121. The average molecular weight is 454 g/mol. The van der Waals surface area contributed by atoms with E-state index in [0.717, 1.165) is 28.5 Å². The first kappa shape index (κ1) is 23.7. The van der Waals surface area contributed by atoms with Crippen molar-refractivity contribution in [1.29, 1.82) is 0 Å². The van der Waals surface area contributed by atoms with Crippen LogP contribution in [0.3, 0.4) is 0 Å². The van der Waals surface area contributed by atoms with Crippen molar-refractivity contribution < 1.29 is 14.3 Å². The van der Waals surface area contributed by atoms with Crippen molar-refractivity contribution in [3.05, 3.63) is 65.7 Å². The SMILES string of the molecule is CC(C)(C)OC(=O)Nc1[nH]c2ccccc2c1CCC(=O)N[C@@H](CS)Cc1ccccc1. The Labute approximate surface area is 194 Å². The normalized spacial score (nSPS) is 12.4. The maximum Gasteiger partial charge on any atom is 0.413 e. The number of aromatic nitrogens is 1. The first-order valence-corrected chi connectivity index (χ1v) is 11.4. The summed E-state index contributed by atoms with van der Waals surface area (Å²) in [5, 5.41) is 6.86. The molecular weight excluding hydrogens is 422 g/mol. The number of carbonyl (C=O) groups is 2. The number of aromatic amines is 1. The molecule has 3 N–H and O–H groups in total. The third kappa shape index (κ3) is 6.79. The number of benzene rings is 2. The highest BCUT2D eigenvalue weighted by Crippen LogP contribution is 2.28. The molecule has 0 aliphatic heterocycles. The van der Waals surface area contributed by atoms with Gasteiger partial charge in [-0.2, -0.15) is 12.6 Å². The summed E-state index contributed by atoms with van der Waals surface area (Å²) in [6.45, 7) is 5.45. The van der Waals surface area contributed by atoms with Crippen LogP contribution in [0.4, 0.5) is 10.6 Å². The predicted molar refractivity (Wildman–Crippen MR) is 132 cm³/mol. The average Bonchev–Trinajstić information content (AvgIpc) is 3.07. The van der Waals surface area contributed by atoms with Crippen molar-refractivity contribution in [3.63, 3.8) is 0 Å². The van der Waals surface area contributed by atoms with E-state index in [1.807, 2.05) is 75.4 Å². The summed E-state index contributed by atoms with van der Waals surface area (Å²) in [4.78, 5) is 28.2. The number of amides is 2. The maximum atomic E-state index is 12.7. The van der Waals surface area contributed by atoms with Crippen LogP contribution in [0.1, 0.15) is 38.3 Å². The molecule has 3 aromatic rings. The number of nitrogens with one attached hydrogen (secondary N) is 3. The number of hydrogen-bond donors (Lipinski definition) is 4. The largest absolute Gasteiger partial charge is 0.444 e. The van der Waals surface area contributed by atoms with Gasteiger partial charge in [0.05, 0.1) is 0 Å². The Kier molecular flexibility index (Phi) is 7.85. The molecule has 2 amide bonds. The topological polar surface area (TPSA) is 83.2 Å². The van der Waals surface area contributed by atoms with Crippen LogP contribution in [-0.4, -0.2) is 34.4 Å². The van der Waals surface area contributed by atoms with Crippen LogP contribution in [0, 0.1) is 0 Å². The number of aryl methyl sites for hydroxylation is 1. The Morgan fingerprint density at radius 2 is 1.75 bits per heavy atom. The molecule has 3 rings (SSSR count). The molecule has 1 aromatic heterocycles. The van der Waals surface area contributed by atoms with Gasteiger partial charge < -0.3 is 15.0 Å². The summed E-state index contributed by atoms with van der Waals surface area (Å²) in [6.07, 6.45) is 0.970. The molecular formula is C25H31N3O3S. The molecule has 0 aliphatic carbocycles. The molecule has 0 saturated carbocycles. The Balaban J connectivity index is 1.67. The molecule has 0 bridgehead atoms. The van der Waals surface area contributed by atoms with Gasteiger partial charge in [0.1, 0.15) is 11.4 Å². The van der Waals surface area contributed by atoms with Gasteiger partial charge in [-0.05, 0) is 45.2 Å². The number of anilines is 1. The Bertz CT molecular complexity index is 1060. The molecule has 0 unspecified atom stereocenters. The predicted octanol–water partition coefficient (Wildman–Crippen LogP) is 5.10. The van der Waals surface area contributed by atoms with Gasteiger partial charge in [0.2, 0.25) is 5.91 Å². The van der Waals surface area contributed by atoms with Gasteiger partial charge in [-0.25, -0.2) is 4.79 Å². The van der Waals surface area contributed by atoms with Crippen molar-refractivity contribution >= 4 is 41.3 Å². The van der Waals surface area contributed by atoms with Crippen molar-refractivity contribution in [2.24, 2.45) is 0 Å². The fourth-order valence-corrected chi connectivity index (χ4v) is 3.79. The molecule has 6 nitrogen and oxygen atoms in total. The highest BCUT2D eigenvalue weighted by molar-refractivity contribution is 7.80. The van der Waals surface area contributed by atoms with E-state index in [9.17, 15) is 9.59 Å². The second-order valence-corrected chi connectivity index (χ2v) is 9.15. The number of para-hydroxylation sites is 1. The number of ether oxygens (including phenoxy) is 1. The summed E-state index contributed by atoms with van der Waals surface area (Å²) >= 11 is 4.40. The van der Waals surface area contributed by atoms with Crippen LogP contribution in [0.25, 0.3) is 10.9 Å². The molecule has 0 aliphatic rings. The third-order valence-corrected chi connectivity index (χ3v) is 5.39. The van der Waals surface area contributed by atoms with Crippen LogP contribution in [0.2, 0.25) is 0 Å². The number of thiol groups is 1. The lowest BCUT2D eigenvalue weighted by Gasteiger charge is -2.20. The van der Waals surface area contributed by atoms with E-state index in [0.29, 0.717) is 24.4 Å². The van der Waals surface area contributed by atoms with Gasteiger partial charge in [0.25, 0.3) is 0 Å². The number of hydrogen-bond acceptors (Lipinski definition) is 4. The van der Waals surface area contributed by atoms with E-state index >= 15 is 0 Å². The molecule has 0 saturated heterocycles. The van der Waals surface area contributed by atoms with Crippen LogP contribution in [0.15, 0.2) is 54.6 Å². The zero-order chi connectivity index (χ0) is 23.1. The summed E-state index contributed by atoms with van der Waals surface area (Å²) < 4.78 is 5.38. The maximum absolute atomic E-state index is 12.7. The first-order chi connectivity index (χ1) is 15.2. The number of H-pyrrole nitrogens is 1. The molecule has 32 heavy (non-hydrogen) atoms. The monoisotopic (exact) mass is 453 g/mol. The number of carbonyl (C=O) groups excluding carboxylic acids is 2. The smallest absolute Gasteiger partial charge is 0.413 e. The Hall–Kier alpha value is -2.93. The minimum Gasteiger partial charge on any atom is -0.444 e. The van der Waals surface area contributed by atoms with E-state index in [4.69, 9.17) is 4.74 Å². The van der Waals surface area contributed by atoms with Crippen molar-refractivity contribution in [2.45, 2.75) is 51.7 Å². The molecule has 0 spiro atoms. The van der Waals surface area contributed by atoms with E-state index in [2.05, 4.69) is 28.2 Å². The fourth-order valence-electron chi connectivity index (χ4n) is 3.57. The van der Waals surface area contributed by atoms with E-state index < -0.39 is 11.7 Å². The summed E-state index contributed by atoms with van der Waals surface area (Å²) in [5.74, 6) is 1.07. The van der Waals surface area contributed by atoms with Gasteiger partial charge in [-0.15, -0.1) is 0 Å². The van der Waals surface area contributed by atoms with Crippen LogP contribution in [-0.2, 0) is 22.4 Å². The number of fused-ring (bicyclic) bond motifs is 1. The molecule has 0 fully saturated rings. The van der Waals surface area contributed by atoms with Gasteiger partial charge in [-0.1, -0.05) is 48.5 Å². The first-order valence-electron chi connectivity index (χ1n) is 10.8. The molecule has 7 heteroatoms. The zero-order valence-corrected chi connectivity index (χ0v) is 19.7. The number of rotatable bonds is 8. The van der Waals surface area contributed by atoms with Crippen molar-refractivity contribution in [2.75, 3.05) is 11.1 Å². The molecule has 170 valence electrons. The summed E-state index contributed by atoms with van der Waals surface area (Å²) in [7, 11) is 0. The van der Waals surface area contributed by atoms with E-state index in [-0.39, 0.29) is 11.9 Å². The lowest BCUT2D eigenvalue weighted by Crippen LogP contribution is -2.38. The highest BCUT2D eigenvalue weighted by atomic mass is 32.1. The Morgan fingerprint density at radius 3 is 2.44 bits per heavy atom. The van der Waals surface area contributed by atoms with Crippen molar-refractivity contribution in [3.8, 4) is 0 Å². The van der Waals surface area contributed by atoms with E-state index in [1.54, 1.807) is 0 Å². The zero-order valence-electron chi connectivity index (χ0n) is 18.8. The molecule has 1 heterocycles. The molecule has 0 radical (unpaired) electrons. The highest BCUT2D eigenvalue weighted by Gasteiger charge is 2.20. The lowest BCUT2D eigenvalue weighted by atomic mass is 10.1. The van der Waals surface area contributed by atoms with Crippen LogP contribution < -0.4 is 10.6 Å². The molecule has 2 aromatic carbocycles. The second kappa shape index (κ2) is 10.6. The standard InChI is InChI=1S/C25H31N3O3S/c1-25(2,3)31-24(30)28-23-20(19-11-7-8-12-21(19)27-23)13-14-22(29)26-18(16-32)15-17-9-5-4-6-10-17/h4-12,18,27,32H,13-16H2,1-3H3,(H,26,29)(H,28,30)/t18-/m1/s1. The second-order valence-electron chi connectivity index (χ2n) is 8.79. The quantitative estimate of drug-likeness (QED) is 0.358. The Morgan fingerprint density at radius 1 is 1.06 bits per heavy atom. The van der Waals surface area contributed by atoms with Gasteiger partial charge >= 0.3 is 6.09 Å². The summed E-state index contributed by atoms with van der Waals surface area (Å²) in [6, 6.07) is 17.8. The van der Waals surface area contributed by atoms with Crippen LogP contribution in [0.5, 0.6) is 0 Å². The fraction of sp³-hybridized carbons (Fsp3) is 0.360. The van der Waals surface area contributed by atoms with Gasteiger partial charge in [0.15, 0.2) is 0 Å². The minimum absolute atomic E-state index is 0.0458. The third-order valence-electron chi connectivity index (χ3n) is 4.95. The van der Waals surface area contributed by atoms with Crippen molar-refractivity contribution in [1.82, 2.24) is 10.3 Å². The van der Waals surface area contributed by atoms with Gasteiger partial charge in [0, 0.05) is 34.7 Å². The molecule has 1 atom stereocenters.